The van der Waals surface area contributed by atoms with Crippen LogP contribution in [0, 0.1) is 6.92 Å². The molecule has 2 aromatic carbocycles. The highest BCUT2D eigenvalue weighted by Gasteiger charge is 2.19. The smallest absolute Gasteiger partial charge is 0.335 e. The number of aromatic nitrogens is 2. The van der Waals surface area contributed by atoms with E-state index in [1.54, 1.807) is 61.5 Å². The zero-order valence-corrected chi connectivity index (χ0v) is 15.3. The molecule has 8 heteroatoms. The van der Waals surface area contributed by atoms with Crippen molar-refractivity contribution < 1.29 is 9.90 Å². The number of nitrogens with zero attached hydrogens (tertiary/aromatic N) is 2. The quantitative estimate of drug-likeness (QED) is 0.473. The van der Waals surface area contributed by atoms with Gasteiger partial charge in [-0.3, -0.25) is 14.6 Å². The summed E-state index contributed by atoms with van der Waals surface area (Å²) in [5.74, 6) is -1.03. The van der Waals surface area contributed by atoms with E-state index < -0.39 is 23.0 Å². The number of carbonyl (C=O) groups is 1. The third-order valence-electron chi connectivity index (χ3n) is 4.17. The Hall–Kier alpha value is -3.94. The molecule has 8 nitrogen and oxygen atoms in total. The SMILES string of the molecule is C/C(=N\NC(=O)c1ccccc1)c1c(O)n(-c2ccccc2C)c(=O)[nH]c1=O. The van der Waals surface area contributed by atoms with E-state index in [0.717, 1.165) is 10.1 Å². The lowest BCUT2D eigenvalue weighted by atomic mass is 10.1. The molecule has 0 saturated heterocycles. The van der Waals surface area contributed by atoms with Crippen LogP contribution in [0.4, 0.5) is 0 Å². The van der Waals surface area contributed by atoms with Crippen LogP contribution >= 0.6 is 0 Å². The van der Waals surface area contributed by atoms with Crippen LogP contribution in [0.3, 0.4) is 0 Å². The number of aryl methyl sites for hydroxylation is 1. The Bertz CT molecular complexity index is 1180. The summed E-state index contributed by atoms with van der Waals surface area (Å²) in [6.07, 6.45) is 0. The molecular weight excluding hydrogens is 360 g/mol. The number of hydrogen-bond acceptors (Lipinski definition) is 5. The second-order valence-corrected chi connectivity index (χ2v) is 6.08. The van der Waals surface area contributed by atoms with E-state index >= 15 is 0 Å². The number of carbonyl (C=O) groups excluding carboxylic acids is 1. The Labute approximate surface area is 159 Å². The van der Waals surface area contributed by atoms with Gasteiger partial charge in [0.15, 0.2) is 0 Å². The van der Waals surface area contributed by atoms with Gasteiger partial charge in [-0.25, -0.2) is 14.8 Å². The number of aromatic hydroxyl groups is 1. The summed E-state index contributed by atoms with van der Waals surface area (Å²) in [4.78, 5) is 38.8. The van der Waals surface area contributed by atoms with E-state index in [0.29, 0.717) is 11.3 Å². The molecule has 0 bridgehead atoms. The lowest BCUT2D eigenvalue weighted by molar-refractivity contribution is 0.0955. The lowest BCUT2D eigenvalue weighted by Crippen LogP contribution is -2.33. The maximum absolute atomic E-state index is 12.3. The number of hydrogen-bond donors (Lipinski definition) is 3. The van der Waals surface area contributed by atoms with Crippen LogP contribution < -0.4 is 16.7 Å². The predicted molar refractivity (Wildman–Crippen MR) is 105 cm³/mol. The second-order valence-electron chi connectivity index (χ2n) is 6.08. The van der Waals surface area contributed by atoms with E-state index in [4.69, 9.17) is 0 Å². The average Bonchev–Trinajstić information content (AvgIpc) is 2.68. The number of amides is 1. The van der Waals surface area contributed by atoms with Gasteiger partial charge in [-0.1, -0.05) is 36.4 Å². The van der Waals surface area contributed by atoms with Gasteiger partial charge in [0.05, 0.1) is 11.4 Å². The molecule has 3 aromatic rings. The normalized spacial score (nSPS) is 11.3. The summed E-state index contributed by atoms with van der Waals surface area (Å²) >= 11 is 0. The topological polar surface area (TPSA) is 117 Å². The zero-order chi connectivity index (χ0) is 20.3. The van der Waals surface area contributed by atoms with Crippen molar-refractivity contribution in [3.05, 3.63) is 92.1 Å². The number of nitrogens with one attached hydrogen (secondary N) is 2. The summed E-state index contributed by atoms with van der Waals surface area (Å²) in [5.41, 5.74) is 2.13. The molecule has 0 fully saturated rings. The van der Waals surface area contributed by atoms with E-state index in [-0.39, 0.29) is 11.3 Å². The summed E-state index contributed by atoms with van der Waals surface area (Å²) in [6.45, 7) is 3.22. The fourth-order valence-electron chi connectivity index (χ4n) is 2.73. The van der Waals surface area contributed by atoms with Crippen LogP contribution in [0.1, 0.15) is 28.4 Å². The predicted octanol–water partition coefficient (Wildman–Crippen LogP) is 1.69. The van der Waals surface area contributed by atoms with Crippen molar-refractivity contribution >= 4 is 11.6 Å². The highest BCUT2D eigenvalue weighted by atomic mass is 16.3. The third kappa shape index (κ3) is 3.61. The first-order valence-electron chi connectivity index (χ1n) is 8.44. The minimum Gasteiger partial charge on any atom is -0.493 e. The number of rotatable bonds is 4. The highest BCUT2D eigenvalue weighted by Crippen LogP contribution is 2.19. The van der Waals surface area contributed by atoms with Gasteiger partial charge < -0.3 is 5.11 Å². The van der Waals surface area contributed by atoms with E-state index in [1.807, 2.05) is 0 Å². The van der Waals surface area contributed by atoms with E-state index in [1.165, 1.54) is 6.92 Å². The molecule has 0 unspecified atom stereocenters. The fraction of sp³-hybridized carbons (Fsp3) is 0.100. The molecule has 0 saturated carbocycles. The number of aromatic amines is 1. The molecule has 0 aliphatic carbocycles. The Balaban J connectivity index is 2.03. The molecule has 0 aliphatic rings. The van der Waals surface area contributed by atoms with E-state index in [2.05, 4.69) is 15.5 Å². The van der Waals surface area contributed by atoms with Crippen LogP contribution in [0.2, 0.25) is 0 Å². The molecule has 3 N–H and O–H groups in total. The van der Waals surface area contributed by atoms with Crippen molar-refractivity contribution in [2.75, 3.05) is 0 Å². The monoisotopic (exact) mass is 378 g/mol. The van der Waals surface area contributed by atoms with Crippen LogP contribution in [0.25, 0.3) is 5.69 Å². The summed E-state index contributed by atoms with van der Waals surface area (Å²) in [7, 11) is 0. The third-order valence-corrected chi connectivity index (χ3v) is 4.17. The van der Waals surface area contributed by atoms with Crippen molar-refractivity contribution in [2.24, 2.45) is 5.10 Å². The Kier molecular flexibility index (Phi) is 5.21. The van der Waals surface area contributed by atoms with Gasteiger partial charge in [-0.2, -0.15) is 5.10 Å². The molecule has 0 radical (unpaired) electrons. The summed E-state index contributed by atoms with van der Waals surface area (Å²) < 4.78 is 0.990. The highest BCUT2D eigenvalue weighted by molar-refractivity contribution is 6.02. The van der Waals surface area contributed by atoms with Crippen molar-refractivity contribution in [3.8, 4) is 11.6 Å². The maximum Gasteiger partial charge on any atom is 0.335 e. The molecule has 0 aliphatic heterocycles. The number of hydrazone groups is 1. The summed E-state index contributed by atoms with van der Waals surface area (Å²) in [6, 6.07) is 15.3. The Morgan fingerprint density at radius 1 is 1.07 bits per heavy atom. The van der Waals surface area contributed by atoms with Gasteiger partial charge in [0.1, 0.15) is 5.56 Å². The molecule has 28 heavy (non-hydrogen) atoms. The first-order chi connectivity index (χ1) is 13.4. The van der Waals surface area contributed by atoms with Crippen LogP contribution in [0.5, 0.6) is 5.88 Å². The molecule has 3 rings (SSSR count). The Morgan fingerprint density at radius 3 is 2.39 bits per heavy atom. The second kappa shape index (κ2) is 7.75. The average molecular weight is 378 g/mol. The van der Waals surface area contributed by atoms with Crippen LogP contribution in [-0.2, 0) is 0 Å². The van der Waals surface area contributed by atoms with Gasteiger partial charge in [0.25, 0.3) is 11.5 Å². The molecular formula is C20H18N4O4. The van der Waals surface area contributed by atoms with Gasteiger partial charge in [0, 0.05) is 5.56 Å². The molecule has 1 heterocycles. The van der Waals surface area contributed by atoms with Gasteiger partial charge >= 0.3 is 5.69 Å². The van der Waals surface area contributed by atoms with Gasteiger partial charge in [-0.05, 0) is 37.6 Å². The Morgan fingerprint density at radius 2 is 1.71 bits per heavy atom. The number of H-pyrrole nitrogens is 1. The maximum atomic E-state index is 12.3. The zero-order valence-electron chi connectivity index (χ0n) is 15.3. The first-order valence-corrected chi connectivity index (χ1v) is 8.44. The van der Waals surface area contributed by atoms with Gasteiger partial charge in [-0.15, -0.1) is 0 Å². The minimum atomic E-state index is -0.803. The van der Waals surface area contributed by atoms with Crippen molar-refractivity contribution in [3.63, 3.8) is 0 Å². The van der Waals surface area contributed by atoms with Crippen molar-refractivity contribution in [1.82, 2.24) is 15.0 Å². The first kappa shape index (κ1) is 18.8. The van der Waals surface area contributed by atoms with Crippen LogP contribution in [0.15, 0.2) is 69.3 Å². The van der Waals surface area contributed by atoms with Gasteiger partial charge in [0.2, 0.25) is 5.88 Å². The van der Waals surface area contributed by atoms with Crippen molar-refractivity contribution in [2.45, 2.75) is 13.8 Å². The molecule has 142 valence electrons. The molecule has 0 spiro atoms. The van der Waals surface area contributed by atoms with E-state index in [9.17, 15) is 19.5 Å². The largest absolute Gasteiger partial charge is 0.493 e. The van der Waals surface area contributed by atoms with Crippen molar-refractivity contribution in [1.29, 1.82) is 0 Å². The minimum absolute atomic E-state index is 0.0466. The molecule has 1 amide bonds. The number of para-hydroxylation sites is 1. The lowest BCUT2D eigenvalue weighted by Gasteiger charge is -2.13. The molecule has 0 atom stereocenters. The van der Waals surface area contributed by atoms with Crippen LogP contribution in [-0.4, -0.2) is 26.3 Å². The summed E-state index contributed by atoms with van der Waals surface area (Å²) in [5, 5.41) is 14.5. The fourth-order valence-corrected chi connectivity index (χ4v) is 2.73. The number of benzene rings is 2. The standard InChI is InChI=1S/C20H18N4O4/c1-12-8-6-7-11-15(12)24-19(27)16(18(26)21-20(24)28)13(2)22-23-17(25)14-9-4-3-5-10-14/h3-11,27H,1-2H3,(H,23,25)(H,21,26,28)/b22-13+. The molecule has 1 aromatic heterocycles.